The summed E-state index contributed by atoms with van der Waals surface area (Å²) >= 11 is 0. The van der Waals surface area contributed by atoms with E-state index in [1.807, 2.05) is 0 Å². The molecule has 2 amide bonds. The van der Waals surface area contributed by atoms with E-state index in [9.17, 15) is 14.0 Å². The first-order chi connectivity index (χ1) is 12.1. The van der Waals surface area contributed by atoms with Crippen molar-refractivity contribution in [3.05, 3.63) is 60.2 Å². The van der Waals surface area contributed by atoms with Crippen LogP contribution in [0.4, 0.5) is 10.1 Å². The second-order valence-electron chi connectivity index (χ2n) is 5.99. The number of hydrogen-bond donors (Lipinski definition) is 2. The van der Waals surface area contributed by atoms with E-state index in [1.165, 1.54) is 24.3 Å². The molecule has 1 fully saturated rings. The molecule has 2 heterocycles. The number of quaternary nitrogens is 1. The molecule has 2 aromatic rings. The quantitative estimate of drug-likeness (QED) is 0.834. The van der Waals surface area contributed by atoms with Crippen molar-refractivity contribution < 1.29 is 18.9 Å². The molecule has 0 unspecified atom stereocenters. The van der Waals surface area contributed by atoms with E-state index in [4.69, 9.17) is 0 Å². The third-order valence-corrected chi connectivity index (χ3v) is 4.18. The number of piperazine rings is 1. The summed E-state index contributed by atoms with van der Waals surface area (Å²) in [4.78, 5) is 31.4. The maximum atomic E-state index is 12.9. The highest BCUT2D eigenvalue weighted by Crippen LogP contribution is 2.07. The summed E-state index contributed by atoms with van der Waals surface area (Å²) in [7, 11) is 0. The minimum Gasteiger partial charge on any atom is -0.326 e. The van der Waals surface area contributed by atoms with Gasteiger partial charge in [0.15, 0.2) is 6.54 Å². The minimum atomic E-state index is -0.336. The van der Waals surface area contributed by atoms with Crippen molar-refractivity contribution >= 4 is 17.5 Å². The molecule has 0 spiro atoms. The second-order valence-corrected chi connectivity index (χ2v) is 5.99. The Morgan fingerprint density at radius 2 is 1.84 bits per heavy atom. The lowest BCUT2D eigenvalue weighted by Gasteiger charge is -2.31. The van der Waals surface area contributed by atoms with Gasteiger partial charge in [-0.25, -0.2) is 4.39 Å². The molecule has 1 aromatic carbocycles. The van der Waals surface area contributed by atoms with Crippen LogP contribution in [0.3, 0.4) is 0 Å². The van der Waals surface area contributed by atoms with Crippen LogP contribution in [0, 0.1) is 5.82 Å². The number of carbonyl (C=O) groups excluding carboxylic acids is 2. The smallest absolute Gasteiger partial charge is 0.279 e. The topological polar surface area (TPSA) is 66.7 Å². The molecular weight excluding hydrogens is 323 g/mol. The van der Waals surface area contributed by atoms with Gasteiger partial charge in [0, 0.05) is 11.9 Å². The first-order valence-corrected chi connectivity index (χ1v) is 8.21. The van der Waals surface area contributed by atoms with Gasteiger partial charge >= 0.3 is 0 Å². The van der Waals surface area contributed by atoms with E-state index in [2.05, 4.69) is 10.3 Å². The predicted octanol–water partition coefficient (Wildman–Crippen LogP) is 0.200. The Bertz CT molecular complexity index is 729. The van der Waals surface area contributed by atoms with Crippen LogP contribution in [-0.2, 0) is 4.79 Å². The van der Waals surface area contributed by atoms with Crippen molar-refractivity contribution in [2.24, 2.45) is 0 Å². The zero-order valence-corrected chi connectivity index (χ0v) is 13.7. The maximum Gasteiger partial charge on any atom is 0.279 e. The van der Waals surface area contributed by atoms with Crippen molar-refractivity contribution in [2.75, 3.05) is 38.0 Å². The summed E-state index contributed by atoms with van der Waals surface area (Å²) in [6.07, 6.45) is 1.61. The number of aromatic nitrogens is 1. The molecule has 7 heteroatoms. The van der Waals surface area contributed by atoms with Crippen molar-refractivity contribution in [1.29, 1.82) is 0 Å². The third-order valence-electron chi connectivity index (χ3n) is 4.18. The van der Waals surface area contributed by atoms with E-state index < -0.39 is 0 Å². The Labute approximate surface area is 145 Å². The van der Waals surface area contributed by atoms with Gasteiger partial charge in [-0.05, 0) is 36.4 Å². The lowest BCUT2D eigenvalue weighted by atomic mass is 10.2. The number of hydrogen-bond acceptors (Lipinski definition) is 3. The number of carbonyl (C=O) groups is 2. The van der Waals surface area contributed by atoms with Gasteiger partial charge in [0.05, 0.1) is 26.2 Å². The molecule has 1 aliphatic heterocycles. The van der Waals surface area contributed by atoms with Gasteiger partial charge in [0.25, 0.3) is 11.8 Å². The summed E-state index contributed by atoms with van der Waals surface area (Å²) < 4.78 is 12.9. The second kappa shape index (κ2) is 7.85. The van der Waals surface area contributed by atoms with Crippen LogP contribution < -0.4 is 10.2 Å². The fourth-order valence-corrected chi connectivity index (χ4v) is 2.82. The minimum absolute atomic E-state index is 0.0737. The van der Waals surface area contributed by atoms with Crippen LogP contribution in [0.15, 0.2) is 48.7 Å². The number of amides is 2. The number of halogens is 1. The highest BCUT2D eigenvalue weighted by atomic mass is 19.1. The van der Waals surface area contributed by atoms with Gasteiger partial charge in [-0.2, -0.15) is 0 Å². The number of benzene rings is 1. The number of nitrogens with zero attached hydrogens (tertiary/aromatic N) is 2. The molecular formula is C18H20FN4O2+. The largest absolute Gasteiger partial charge is 0.326 e. The van der Waals surface area contributed by atoms with E-state index in [0.717, 1.165) is 4.90 Å². The van der Waals surface area contributed by atoms with E-state index >= 15 is 0 Å². The Morgan fingerprint density at radius 1 is 1.12 bits per heavy atom. The SMILES string of the molecule is O=C(C[NH+]1CCN(C(=O)c2ccccn2)CC1)Nc1ccc(F)cc1. The number of rotatable bonds is 4. The summed E-state index contributed by atoms with van der Waals surface area (Å²) in [5.74, 6) is -0.529. The van der Waals surface area contributed by atoms with Crippen LogP contribution in [0.1, 0.15) is 10.5 Å². The van der Waals surface area contributed by atoms with Crippen molar-refractivity contribution in [2.45, 2.75) is 0 Å². The highest BCUT2D eigenvalue weighted by Gasteiger charge is 2.26. The number of pyridine rings is 1. The van der Waals surface area contributed by atoms with Crippen LogP contribution in [0.2, 0.25) is 0 Å². The molecule has 25 heavy (non-hydrogen) atoms. The maximum absolute atomic E-state index is 12.9. The molecule has 0 aliphatic carbocycles. The lowest BCUT2D eigenvalue weighted by Crippen LogP contribution is -3.15. The van der Waals surface area contributed by atoms with Crippen LogP contribution in [0.25, 0.3) is 0 Å². The molecule has 130 valence electrons. The van der Waals surface area contributed by atoms with E-state index in [-0.39, 0.29) is 17.6 Å². The Morgan fingerprint density at radius 3 is 2.48 bits per heavy atom. The lowest BCUT2D eigenvalue weighted by molar-refractivity contribution is -0.895. The van der Waals surface area contributed by atoms with Gasteiger partial charge in [0.2, 0.25) is 0 Å². The molecule has 6 nitrogen and oxygen atoms in total. The molecule has 0 atom stereocenters. The molecule has 0 radical (unpaired) electrons. The van der Waals surface area contributed by atoms with Crippen molar-refractivity contribution in [3.63, 3.8) is 0 Å². The Balaban J connectivity index is 1.46. The normalized spacial score (nSPS) is 15.0. The van der Waals surface area contributed by atoms with Crippen LogP contribution in [0.5, 0.6) is 0 Å². The third kappa shape index (κ3) is 4.60. The van der Waals surface area contributed by atoms with Gasteiger partial charge in [-0.15, -0.1) is 0 Å². The predicted molar refractivity (Wildman–Crippen MR) is 90.7 cm³/mol. The summed E-state index contributed by atoms with van der Waals surface area (Å²) in [5, 5.41) is 2.76. The van der Waals surface area contributed by atoms with Gasteiger partial charge < -0.3 is 15.1 Å². The fraction of sp³-hybridized carbons (Fsp3) is 0.278. The van der Waals surface area contributed by atoms with Crippen molar-refractivity contribution in [3.8, 4) is 0 Å². The van der Waals surface area contributed by atoms with Crippen LogP contribution in [-0.4, -0.2) is 54.4 Å². The first kappa shape index (κ1) is 17.0. The average Bonchev–Trinajstić information content (AvgIpc) is 2.64. The molecule has 3 rings (SSSR count). The van der Waals surface area contributed by atoms with Crippen molar-refractivity contribution in [1.82, 2.24) is 9.88 Å². The van der Waals surface area contributed by atoms with Gasteiger partial charge in [-0.3, -0.25) is 14.6 Å². The van der Waals surface area contributed by atoms with E-state index in [1.54, 1.807) is 29.3 Å². The molecule has 0 bridgehead atoms. The summed E-state index contributed by atoms with van der Waals surface area (Å²) in [6.45, 7) is 2.91. The molecule has 0 saturated carbocycles. The van der Waals surface area contributed by atoms with Crippen LogP contribution >= 0.6 is 0 Å². The number of nitrogens with one attached hydrogen (secondary N) is 2. The first-order valence-electron chi connectivity index (χ1n) is 8.21. The molecule has 1 aliphatic rings. The Hall–Kier alpha value is -2.80. The molecule has 2 N–H and O–H groups in total. The number of anilines is 1. The van der Waals surface area contributed by atoms with Gasteiger partial charge in [0.1, 0.15) is 11.5 Å². The van der Waals surface area contributed by atoms with E-state index in [0.29, 0.717) is 44.1 Å². The highest BCUT2D eigenvalue weighted by molar-refractivity contribution is 5.92. The Kier molecular flexibility index (Phi) is 5.35. The monoisotopic (exact) mass is 343 g/mol. The zero-order chi connectivity index (χ0) is 17.6. The zero-order valence-electron chi connectivity index (χ0n) is 13.7. The summed E-state index contributed by atoms with van der Waals surface area (Å²) in [6, 6.07) is 11.0. The summed E-state index contributed by atoms with van der Waals surface area (Å²) in [5.41, 5.74) is 1.02. The fourth-order valence-electron chi connectivity index (χ4n) is 2.82. The average molecular weight is 343 g/mol. The molecule has 1 saturated heterocycles. The standard InChI is InChI=1S/C18H19FN4O2/c19-14-4-6-15(7-5-14)21-17(24)13-22-9-11-23(12-10-22)18(25)16-3-1-2-8-20-16/h1-8H,9-13H2,(H,21,24)/p+1. The van der Waals surface area contributed by atoms with Gasteiger partial charge in [-0.1, -0.05) is 6.07 Å². The molecule has 1 aromatic heterocycles.